The van der Waals surface area contributed by atoms with Crippen LogP contribution in [0.5, 0.6) is 0 Å². The summed E-state index contributed by atoms with van der Waals surface area (Å²) in [6.07, 6.45) is 15.0. The Kier molecular flexibility index (Phi) is 14.9. The van der Waals surface area contributed by atoms with Crippen molar-refractivity contribution in [3.05, 3.63) is 0 Å². The minimum Gasteiger partial charge on any atom is -0.481 e. The first-order chi connectivity index (χ1) is 10.6. The third kappa shape index (κ3) is 14.4. The summed E-state index contributed by atoms with van der Waals surface area (Å²) in [5.74, 6) is 0.572. The number of rotatable bonds is 16. The topological polar surface area (TPSA) is 63.3 Å². The standard InChI is InChI=1S/C19H39NO2/c1-3-4-13-18(16-19(21)22)14-9-8-12-17(2)11-7-5-6-10-15-20/h17-18H,3-16,20H2,1-2H3,(H,21,22). The van der Waals surface area contributed by atoms with Gasteiger partial charge >= 0.3 is 5.97 Å². The van der Waals surface area contributed by atoms with E-state index in [0.29, 0.717) is 12.3 Å². The molecule has 0 aromatic heterocycles. The molecule has 0 saturated heterocycles. The Labute approximate surface area is 138 Å². The quantitative estimate of drug-likeness (QED) is 0.376. The highest BCUT2D eigenvalue weighted by Crippen LogP contribution is 2.22. The van der Waals surface area contributed by atoms with Gasteiger partial charge in [0.2, 0.25) is 0 Å². The molecule has 0 fully saturated rings. The molecule has 0 aliphatic rings. The molecule has 0 aliphatic carbocycles. The molecule has 0 radical (unpaired) electrons. The van der Waals surface area contributed by atoms with E-state index in [9.17, 15) is 4.79 Å². The number of aliphatic carboxylic acids is 1. The van der Waals surface area contributed by atoms with E-state index in [-0.39, 0.29) is 0 Å². The van der Waals surface area contributed by atoms with Gasteiger partial charge in [-0.15, -0.1) is 0 Å². The second-order valence-electron chi connectivity index (χ2n) is 6.99. The van der Waals surface area contributed by atoms with Crippen LogP contribution in [0.4, 0.5) is 0 Å². The fourth-order valence-electron chi connectivity index (χ4n) is 3.15. The minimum absolute atomic E-state index is 0.358. The first-order valence-electron chi connectivity index (χ1n) is 9.52. The van der Waals surface area contributed by atoms with Crippen molar-refractivity contribution in [2.75, 3.05) is 6.54 Å². The van der Waals surface area contributed by atoms with E-state index >= 15 is 0 Å². The lowest BCUT2D eigenvalue weighted by Gasteiger charge is -2.15. The largest absolute Gasteiger partial charge is 0.481 e. The van der Waals surface area contributed by atoms with Crippen LogP contribution in [0.2, 0.25) is 0 Å². The van der Waals surface area contributed by atoms with E-state index in [0.717, 1.165) is 44.6 Å². The van der Waals surface area contributed by atoms with Crippen molar-refractivity contribution in [1.29, 1.82) is 0 Å². The SMILES string of the molecule is CCCCC(CCCCC(C)CCCCCCN)CC(=O)O. The van der Waals surface area contributed by atoms with E-state index in [1.165, 1.54) is 44.9 Å². The van der Waals surface area contributed by atoms with Crippen molar-refractivity contribution in [2.24, 2.45) is 17.6 Å². The Morgan fingerprint density at radius 3 is 2.05 bits per heavy atom. The number of unbranched alkanes of at least 4 members (excludes halogenated alkanes) is 5. The molecule has 3 N–H and O–H groups in total. The van der Waals surface area contributed by atoms with Crippen LogP contribution in [0, 0.1) is 11.8 Å². The Morgan fingerprint density at radius 2 is 1.45 bits per heavy atom. The molecule has 0 amide bonds. The van der Waals surface area contributed by atoms with Gasteiger partial charge in [0.05, 0.1) is 0 Å². The van der Waals surface area contributed by atoms with E-state index < -0.39 is 5.97 Å². The van der Waals surface area contributed by atoms with Gasteiger partial charge in [0.15, 0.2) is 0 Å². The maximum Gasteiger partial charge on any atom is 0.303 e. The molecular weight excluding hydrogens is 274 g/mol. The number of carboxylic acids is 1. The zero-order valence-electron chi connectivity index (χ0n) is 15.0. The van der Waals surface area contributed by atoms with E-state index in [1.807, 2.05) is 0 Å². The van der Waals surface area contributed by atoms with Gasteiger partial charge in [-0.3, -0.25) is 4.79 Å². The number of hydrogen-bond donors (Lipinski definition) is 2. The molecule has 2 unspecified atom stereocenters. The third-order valence-electron chi connectivity index (χ3n) is 4.64. The van der Waals surface area contributed by atoms with E-state index in [2.05, 4.69) is 13.8 Å². The number of nitrogens with two attached hydrogens (primary N) is 1. The molecule has 2 atom stereocenters. The fourth-order valence-corrected chi connectivity index (χ4v) is 3.15. The van der Waals surface area contributed by atoms with Crippen LogP contribution in [0.25, 0.3) is 0 Å². The van der Waals surface area contributed by atoms with Crippen molar-refractivity contribution in [3.63, 3.8) is 0 Å². The number of carbonyl (C=O) groups is 1. The monoisotopic (exact) mass is 313 g/mol. The summed E-state index contributed by atoms with van der Waals surface area (Å²) in [7, 11) is 0. The van der Waals surface area contributed by atoms with Crippen molar-refractivity contribution >= 4 is 5.97 Å². The highest BCUT2D eigenvalue weighted by molar-refractivity contribution is 5.66. The average Bonchev–Trinajstić information content (AvgIpc) is 2.48. The Balaban J connectivity index is 3.62. The zero-order valence-corrected chi connectivity index (χ0v) is 15.0. The molecule has 0 heterocycles. The molecular formula is C19H39NO2. The molecule has 0 saturated carbocycles. The summed E-state index contributed by atoms with van der Waals surface area (Å²) in [5.41, 5.74) is 5.50. The molecule has 0 spiro atoms. The summed E-state index contributed by atoms with van der Waals surface area (Å²) in [6, 6.07) is 0. The molecule has 0 aromatic rings. The van der Waals surface area contributed by atoms with Gasteiger partial charge in [0.25, 0.3) is 0 Å². The lowest BCUT2D eigenvalue weighted by atomic mass is 9.90. The molecule has 0 aromatic carbocycles. The third-order valence-corrected chi connectivity index (χ3v) is 4.64. The van der Waals surface area contributed by atoms with Gasteiger partial charge in [0, 0.05) is 6.42 Å². The highest BCUT2D eigenvalue weighted by atomic mass is 16.4. The summed E-state index contributed by atoms with van der Waals surface area (Å²) in [4.78, 5) is 10.9. The van der Waals surface area contributed by atoms with Crippen molar-refractivity contribution < 1.29 is 9.90 Å². The van der Waals surface area contributed by atoms with Crippen molar-refractivity contribution in [1.82, 2.24) is 0 Å². The van der Waals surface area contributed by atoms with Crippen LogP contribution in [0.1, 0.15) is 97.3 Å². The lowest BCUT2D eigenvalue weighted by molar-refractivity contribution is -0.138. The van der Waals surface area contributed by atoms with Gasteiger partial charge < -0.3 is 10.8 Å². The molecule has 22 heavy (non-hydrogen) atoms. The summed E-state index contributed by atoms with van der Waals surface area (Å²) in [5, 5.41) is 8.98. The Hall–Kier alpha value is -0.570. The summed E-state index contributed by atoms with van der Waals surface area (Å²) >= 11 is 0. The summed E-state index contributed by atoms with van der Waals surface area (Å²) < 4.78 is 0. The predicted octanol–water partition coefficient (Wildman–Crippen LogP) is 5.37. The zero-order chi connectivity index (χ0) is 16.6. The van der Waals surface area contributed by atoms with Gasteiger partial charge in [-0.1, -0.05) is 71.6 Å². The van der Waals surface area contributed by atoms with Crippen LogP contribution in [-0.4, -0.2) is 17.6 Å². The second-order valence-corrected chi connectivity index (χ2v) is 6.99. The molecule has 0 rings (SSSR count). The molecule has 0 bridgehead atoms. The molecule has 3 nitrogen and oxygen atoms in total. The Bertz CT molecular complexity index is 256. The van der Waals surface area contributed by atoms with E-state index in [1.54, 1.807) is 0 Å². The fraction of sp³-hybridized carbons (Fsp3) is 0.947. The summed E-state index contributed by atoms with van der Waals surface area (Å²) in [6.45, 7) is 5.35. The van der Waals surface area contributed by atoms with Gasteiger partial charge in [0.1, 0.15) is 0 Å². The lowest BCUT2D eigenvalue weighted by Crippen LogP contribution is -2.08. The van der Waals surface area contributed by atoms with E-state index in [4.69, 9.17) is 10.8 Å². The van der Waals surface area contributed by atoms with Crippen LogP contribution in [0.15, 0.2) is 0 Å². The first-order valence-corrected chi connectivity index (χ1v) is 9.52. The van der Waals surface area contributed by atoms with Crippen molar-refractivity contribution in [2.45, 2.75) is 97.3 Å². The second kappa shape index (κ2) is 15.3. The maximum atomic E-state index is 10.9. The van der Waals surface area contributed by atoms with Crippen LogP contribution in [0.3, 0.4) is 0 Å². The molecule has 132 valence electrons. The van der Waals surface area contributed by atoms with Crippen molar-refractivity contribution in [3.8, 4) is 0 Å². The average molecular weight is 314 g/mol. The van der Waals surface area contributed by atoms with Crippen LogP contribution in [-0.2, 0) is 4.79 Å². The van der Waals surface area contributed by atoms with Gasteiger partial charge in [-0.05, 0) is 37.6 Å². The normalized spacial score (nSPS) is 14.0. The number of carboxylic acid groups (broad SMARTS) is 1. The molecule has 3 heteroatoms. The first kappa shape index (κ1) is 21.4. The predicted molar refractivity (Wildman–Crippen MR) is 95.0 cm³/mol. The van der Waals surface area contributed by atoms with Gasteiger partial charge in [-0.2, -0.15) is 0 Å². The van der Waals surface area contributed by atoms with Gasteiger partial charge in [-0.25, -0.2) is 0 Å². The smallest absolute Gasteiger partial charge is 0.303 e. The Morgan fingerprint density at radius 1 is 0.909 bits per heavy atom. The molecule has 0 aliphatic heterocycles. The van der Waals surface area contributed by atoms with Crippen LogP contribution >= 0.6 is 0 Å². The van der Waals surface area contributed by atoms with Crippen LogP contribution < -0.4 is 5.73 Å². The maximum absolute atomic E-state index is 10.9. The number of hydrogen-bond acceptors (Lipinski definition) is 2. The minimum atomic E-state index is -0.632. The highest BCUT2D eigenvalue weighted by Gasteiger charge is 2.12.